The van der Waals surface area contributed by atoms with Gasteiger partial charge in [-0.05, 0) is 40.2 Å². The van der Waals surface area contributed by atoms with Crippen molar-refractivity contribution in [2.45, 2.75) is 52.4 Å². The summed E-state index contributed by atoms with van der Waals surface area (Å²) in [5.74, 6) is 0. The van der Waals surface area contributed by atoms with E-state index >= 15 is 0 Å². The van der Waals surface area contributed by atoms with Crippen molar-refractivity contribution in [3.05, 3.63) is 40.5 Å². The van der Waals surface area contributed by atoms with Crippen LogP contribution in [-0.4, -0.2) is 4.98 Å². The van der Waals surface area contributed by atoms with Gasteiger partial charge in [0.2, 0.25) is 0 Å². The summed E-state index contributed by atoms with van der Waals surface area (Å²) in [6, 6.07) is 8.62. The van der Waals surface area contributed by atoms with E-state index in [0.29, 0.717) is 5.15 Å². The Kier molecular flexibility index (Phi) is 3.38. The van der Waals surface area contributed by atoms with E-state index in [4.69, 9.17) is 11.6 Å². The number of halogens is 1. The second-order valence-corrected chi connectivity index (χ2v) is 7.59. The molecule has 0 atom stereocenters. The van der Waals surface area contributed by atoms with Crippen molar-refractivity contribution in [2.75, 3.05) is 0 Å². The van der Waals surface area contributed by atoms with Crippen LogP contribution in [0.25, 0.3) is 10.9 Å². The maximum absolute atomic E-state index is 6.31. The Morgan fingerprint density at radius 3 is 2.05 bits per heavy atom. The summed E-state index contributed by atoms with van der Waals surface area (Å²) in [7, 11) is 0. The molecule has 0 aliphatic heterocycles. The molecule has 0 unspecified atom stereocenters. The third kappa shape index (κ3) is 2.92. The molecule has 0 spiro atoms. The van der Waals surface area contributed by atoms with E-state index in [2.05, 4.69) is 70.8 Å². The predicted octanol–water partition coefficient (Wildman–Crippen LogP) is 5.48. The van der Waals surface area contributed by atoms with E-state index in [1.165, 1.54) is 10.9 Å². The molecule has 2 aromatic rings. The highest BCUT2D eigenvalue weighted by Crippen LogP contribution is 2.32. The second kappa shape index (κ2) is 4.49. The first-order valence-corrected chi connectivity index (χ1v) is 7.08. The molecule has 0 aliphatic rings. The van der Waals surface area contributed by atoms with E-state index in [9.17, 15) is 0 Å². The maximum Gasteiger partial charge on any atom is 0.133 e. The van der Waals surface area contributed by atoms with Crippen LogP contribution in [0.15, 0.2) is 24.3 Å². The number of nitrogens with zero attached hydrogens (tertiary/aromatic N) is 1. The van der Waals surface area contributed by atoms with Crippen LogP contribution in [0.1, 0.15) is 52.7 Å². The molecule has 0 saturated carbocycles. The number of rotatable bonds is 0. The third-order valence-corrected chi connectivity index (χ3v) is 3.73. The van der Waals surface area contributed by atoms with Crippen molar-refractivity contribution in [1.29, 1.82) is 0 Å². The number of hydrogen-bond acceptors (Lipinski definition) is 1. The number of benzene rings is 1. The smallest absolute Gasteiger partial charge is 0.133 e. The van der Waals surface area contributed by atoms with Crippen LogP contribution in [0.3, 0.4) is 0 Å². The molecule has 0 aliphatic carbocycles. The lowest BCUT2D eigenvalue weighted by molar-refractivity contribution is 0.588. The lowest BCUT2D eigenvalue weighted by Gasteiger charge is -2.22. The summed E-state index contributed by atoms with van der Waals surface area (Å²) in [6.07, 6.45) is 0. The molecule has 1 heterocycles. The largest absolute Gasteiger partial charge is 0.236 e. The molecule has 1 aromatic heterocycles. The van der Waals surface area contributed by atoms with Gasteiger partial charge in [0, 0.05) is 5.39 Å². The van der Waals surface area contributed by atoms with Crippen LogP contribution in [0.4, 0.5) is 0 Å². The molecule has 0 radical (unpaired) electrons. The molecule has 19 heavy (non-hydrogen) atoms. The molecule has 102 valence electrons. The summed E-state index contributed by atoms with van der Waals surface area (Å²) in [6.45, 7) is 13.2. The molecular weight excluding hydrogens is 254 g/mol. The Hall–Kier alpha value is -1.08. The van der Waals surface area contributed by atoms with E-state index in [-0.39, 0.29) is 10.8 Å². The average Bonchev–Trinajstić information content (AvgIpc) is 2.24. The average molecular weight is 276 g/mol. The first kappa shape index (κ1) is 14.3. The zero-order valence-electron chi connectivity index (χ0n) is 12.6. The molecule has 1 aromatic carbocycles. The molecule has 0 amide bonds. The lowest BCUT2D eigenvalue weighted by atomic mass is 9.84. The molecule has 1 nitrogen and oxygen atoms in total. The van der Waals surface area contributed by atoms with Gasteiger partial charge in [-0.1, -0.05) is 59.2 Å². The minimum absolute atomic E-state index is 0.00993. The van der Waals surface area contributed by atoms with Gasteiger partial charge >= 0.3 is 0 Å². The van der Waals surface area contributed by atoms with Crippen molar-refractivity contribution < 1.29 is 0 Å². The van der Waals surface area contributed by atoms with Gasteiger partial charge < -0.3 is 0 Å². The molecular formula is C17H22ClN. The van der Waals surface area contributed by atoms with Crippen molar-refractivity contribution >= 4 is 22.5 Å². The highest BCUT2D eigenvalue weighted by atomic mass is 35.5. The lowest BCUT2D eigenvalue weighted by Crippen LogP contribution is -2.13. The number of fused-ring (bicyclic) bond motifs is 1. The van der Waals surface area contributed by atoms with E-state index in [1.54, 1.807) is 0 Å². The first-order valence-electron chi connectivity index (χ1n) is 6.70. The van der Waals surface area contributed by atoms with Gasteiger partial charge in [0.25, 0.3) is 0 Å². The van der Waals surface area contributed by atoms with Gasteiger partial charge in [-0.2, -0.15) is 0 Å². The van der Waals surface area contributed by atoms with Crippen molar-refractivity contribution in [2.24, 2.45) is 0 Å². The van der Waals surface area contributed by atoms with E-state index in [0.717, 1.165) is 11.1 Å². The quantitative estimate of drug-likeness (QED) is 0.580. The summed E-state index contributed by atoms with van der Waals surface area (Å²) in [5, 5.41) is 1.78. The van der Waals surface area contributed by atoms with Gasteiger partial charge in [0.05, 0.1) is 5.52 Å². The first-order chi connectivity index (χ1) is 8.59. The molecule has 2 heteroatoms. The monoisotopic (exact) mass is 275 g/mol. The van der Waals surface area contributed by atoms with Crippen LogP contribution in [0.2, 0.25) is 5.15 Å². The summed E-state index contributed by atoms with van der Waals surface area (Å²) >= 11 is 6.31. The molecule has 0 saturated heterocycles. The van der Waals surface area contributed by atoms with Gasteiger partial charge in [-0.25, -0.2) is 4.98 Å². The van der Waals surface area contributed by atoms with Crippen LogP contribution in [-0.2, 0) is 10.8 Å². The fourth-order valence-corrected chi connectivity index (χ4v) is 2.57. The Labute approximate surface area is 121 Å². The SMILES string of the molecule is CC(C)(C)c1ccc2nc(Cl)c(C(C)(C)C)cc2c1. The second-order valence-electron chi connectivity index (χ2n) is 7.23. The maximum atomic E-state index is 6.31. The highest BCUT2D eigenvalue weighted by Gasteiger charge is 2.20. The highest BCUT2D eigenvalue weighted by molar-refractivity contribution is 6.30. The van der Waals surface area contributed by atoms with Crippen LogP contribution in [0, 0.1) is 0 Å². The Morgan fingerprint density at radius 1 is 0.895 bits per heavy atom. The molecule has 2 rings (SSSR count). The summed E-state index contributed by atoms with van der Waals surface area (Å²) < 4.78 is 0. The molecule has 0 bridgehead atoms. The number of hydrogen-bond donors (Lipinski definition) is 0. The summed E-state index contributed by atoms with van der Waals surface area (Å²) in [4.78, 5) is 4.53. The van der Waals surface area contributed by atoms with Crippen molar-refractivity contribution in [3.8, 4) is 0 Å². The van der Waals surface area contributed by atoms with Gasteiger partial charge in [-0.15, -0.1) is 0 Å². The van der Waals surface area contributed by atoms with Crippen molar-refractivity contribution in [3.63, 3.8) is 0 Å². The fraction of sp³-hybridized carbons (Fsp3) is 0.471. The van der Waals surface area contributed by atoms with E-state index in [1.807, 2.05) is 0 Å². The molecule has 0 fully saturated rings. The Morgan fingerprint density at radius 2 is 1.53 bits per heavy atom. The third-order valence-electron chi connectivity index (χ3n) is 3.44. The summed E-state index contributed by atoms with van der Waals surface area (Å²) in [5.41, 5.74) is 3.55. The normalized spacial score (nSPS) is 13.0. The zero-order valence-corrected chi connectivity index (χ0v) is 13.4. The van der Waals surface area contributed by atoms with Crippen LogP contribution < -0.4 is 0 Å². The Bertz CT molecular complexity index is 615. The van der Waals surface area contributed by atoms with Crippen LogP contribution >= 0.6 is 11.6 Å². The van der Waals surface area contributed by atoms with Crippen LogP contribution in [0.5, 0.6) is 0 Å². The minimum atomic E-state index is 0.00993. The Balaban J connectivity index is 2.69. The van der Waals surface area contributed by atoms with Gasteiger partial charge in [0.15, 0.2) is 0 Å². The standard InChI is InChI=1S/C17H22ClN/c1-16(2,3)12-7-8-14-11(9-12)10-13(15(18)19-14)17(4,5)6/h7-10H,1-6H3. The minimum Gasteiger partial charge on any atom is -0.236 e. The molecule has 0 N–H and O–H groups in total. The van der Waals surface area contributed by atoms with Gasteiger partial charge in [0.1, 0.15) is 5.15 Å². The van der Waals surface area contributed by atoms with Crippen molar-refractivity contribution in [1.82, 2.24) is 4.98 Å². The predicted molar refractivity (Wildman–Crippen MR) is 84.2 cm³/mol. The number of aromatic nitrogens is 1. The fourth-order valence-electron chi connectivity index (χ4n) is 2.15. The zero-order chi connectivity index (χ0) is 14.4. The van der Waals surface area contributed by atoms with E-state index < -0.39 is 0 Å². The number of pyridine rings is 1. The topological polar surface area (TPSA) is 12.9 Å². The van der Waals surface area contributed by atoms with Gasteiger partial charge in [-0.3, -0.25) is 0 Å².